The number of carbonyl (C=O) groups is 1. The first-order valence-corrected chi connectivity index (χ1v) is 7.83. The van der Waals surface area contributed by atoms with Gasteiger partial charge in [-0.2, -0.15) is 0 Å². The maximum Gasteiger partial charge on any atom is 0.238 e. The fraction of sp³-hybridized carbons (Fsp3) is 0.588. The Labute approximate surface area is 127 Å². The number of rotatable bonds is 5. The molecule has 1 saturated heterocycles. The maximum atomic E-state index is 12.2. The number of hydrogen-bond acceptors (Lipinski definition) is 3. The van der Waals surface area contributed by atoms with Crippen molar-refractivity contribution in [2.24, 2.45) is 0 Å². The number of benzene rings is 1. The van der Waals surface area contributed by atoms with Crippen LogP contribution in [0.25, 0.3) is 0 Å². The molecule has 1 amide bonds. The predicted molar refractivity (Wildman–Crippen MR) is 85.3 cm³/mol. The number of nitrogens with one attached hydrogen (secondary N) is 1. The van der Waals surface area contributed by atoms with Crippen LogP contribution in [0.1, 0.15) is 38.2 Å². The molecule has 0 radical (unpaired) electrons. The fourth-order valence-corrected chi connectivity index (χ4v) is 3.04. The average molecular weight is 290 g/mol. The number of hydrogen-bond donors (Lipinski definition) is 2. The van der Waals surface area contributed by atoms with Crippen LogP contribution in [0.2, 0.25) is 0 Å². The van der Waals surface area contributed by atoms with Crippen molar-refractivity contribution >= 4 is 11.6 Å². The van der Waals surface area contributed by atoms with E-state index in [4.69, 9.17) is 0 Å². The summed E-state index contributed by atoms with van der Waals surface area (Å²) in [5.74, 6) is 0.0260. The van der Waals surface area contributed by atoms with Crippen molar-refractivity contribution in [1.82, 2.24) is 4.90 Å². The number of aliphatic hydroxyl groups excluding tert-OH is 1. The van der Waals surface area contributed by atoms with Gasteiger partial charge in [-0.3, -0.25) is 9.69 Å². The third kappa shape index (κ3) is 5.14. The van der Waals surface area contributed by atoms with Crippen molar-refractivity contribution in [2.75, 3.05) is 18.4 Å². The van der Waals surface area contributed by atoms with Crippen LogP contribution in [0.3, 0.4) is 0 Å². The Hall–Kier alpha value is -1.39. The minimum atomic E-state index is -0.310. The number of aryl methyl sites for hydroxylation is 1. The van der Waals surface area contributed by atoms with Crippen LogP contribution in [-0.4, -0.2) is 41.1 Å². The van der Waals surface area contributed by atoms with Crippen LogP contribution >= 0.6 is 0 Å². The monoisotopic (exact) mass is 290 g/mol. The Morgan fingerprint density at radius 3 is 3.00 bits per heavy atom. The van der Waals surface area contributed by atoms with Crippen LogP contribution in [0, 0.1) is 6.92 Å². The quantitative estimate of drug-likeness (QED) is 0.876. The smallest absolute Gasteiger partial charge is 0.238 e. The number of likely N-dealkylation sites (tertiary alicyclic amines) is 1. The topological polar surface area (TPSA) is 52.6 Å². The highest BCUT2D eigenvalue weighted by Crippen LogP contribution is 2.21. The summed E-state index contributed by atoms with van der Waals surface area (Å²) in [6.45, 7) is 5.18. The summed E-state index contributed by atoms with van der Waals surface area (Å²) in [7, 11) is 0. The van der Waals surface area contributed by atoms with Crippen molar-refractivity contribution in [3.63, 3.8) is 0 Å². The summed E-state index contributed by atoms with van der Waals surface area (Å²) in [5.41, 5.74) is 1.99. The van der Waals surface area contributed by atoms with E-state index < -0.39 is 0 Å². The van der Waals surface area contributed by atoms with E-state index >= 15 is 0 Å². The van der Waals surface area contributed by atoms with Gasteiger partial charge in [-0.1, -0.05) is 18.6 Å². The minimum absolute atomic E-state index is 0.0260. The standard InChI is InChI=1S/C17H26N2O2/c1-13-6-5-7-15(10-13)18-17(21)12-19-9-4-3-8-16(19)11-14(2)20/h5-7,10,14,16,20H,3-4,8-9,11-12H2,1-2H3,(H,18,21). The normalized spacial score (nSPS) is 21.0. The lowest BCUT2D eigenvalue weighted by Crippen LogP contribution is -2.45. The third-order valence-electron chi connectivity index (χ3n) is 4.01. The van der Waals surface area contributed by atoms with E-state index in [0.29, 0.717) is 12.6 Å². The van der Waals surface area contributed by atoms with Gasteiger partial charge in [-0.05, 0) is 57.4 Å². The first kappa shape index (κ1) is 16.0. The summed E-state index contributed by atoms with van der Waals surface area (Å²) in [4.78, 5) is 14.4. The average Bonchev–Trinajstić information content (AvgIpc) is 2.40. The number of piperidine rings is 1. The molecule has 0 aliphatic carbocycles. The van der Waals surface area contributed by atoms with Crippen LogP contribution in [-0.2, 0) is 4.79 Å². The zero-order valence-corrected chi connectivity index (χ0v) is 13.0. The summed E-state index contributed by atoms with van der Waals surface area (Å²) in [5, 5.41) is 12.6. The highest BCUT2D eigenvalue weighted by Gasteiger charge is 2.25. The number of carbonyl (C=O) groups excluding carboxylic acids is 1. The molecule has 2 unspecified atom stereocenters. The molecule has 116 valence electrons. The van der Waals surface area contributed by atoms with Gasteiger partial charge >= 0.3 is 0 Å². The lowest BCUT2D eigenvalue weighted by atomic mass is 9.97. The lowest BCUT2D eigenvalue weighted by molar-refractivity contribution is -0.118. The number of anilines is 1. The van der Waals surface area contributed by atoms with Gasteiger partial charge in [0.15, 0.2) is 0 Å². The van der Waals surface area contributed by atoms with Crippen LogP contribution in [0.15, 0.2) is 24.3 Å². The summed E-state index contributed by atoms with van der Waals surface area (Å²) < 4.78 is 0. The molecule has 0 aromatic heterocycles. The van der Waals surface area contributed by atoms with E-state index in [9.17, 15) is 9.90 Å². The van der Waals surface area contributed by atoms with Crippen molar-refractivity contribution < 1.29 is 9.90 Å². The van der Waals surface area contributed by atoms with Crippen molar-refractivity contribution in [3.05, 3.63) is 29.8 Å². The van der Waals surface area contributed by atoms with Crippen molar-refractivity contribution in [2.45, 2.75) is 51.7 Å². The third-order valence-corrected chi connectivity index (χ3v) is 4.01. The Kier molecular flexibility index (Phi) is 5.76. The second kappa shape index (κ2) is 7.57. The molecule has 4 nitrogen and oxygen atoms in total. The summed E-state index contributed by atoms with van der Waals surface area (Å²) in [6, 6.07) is 8.17. The van der Waals surface area contributed by atoms with Gasteiger partial charge < -0.3 is 10.4 Å². The predicted octanol–water partition coefficient (Wildman–Crippen LogP) is 2.56. The first-order chi connectivity index (χ1) is 10.0. The summed E-state index contributed by atoms with van der Waals surface area (Å²) in [6.07, 6.45) is 3.83. The highest BCUT2D eigenvalue weighted by atomic mass is 16.3. The molecule has 0 spiro atoms. The zero-order chi connectivity index (χ0) is 15.2. The molecule has 1 aliphatic rings. The second-order valence-electron chi connectivity index (χ2n) is 6.12. The van der Waals surface area contributed by atoms with Crippen LogP contribution < -0.4 is 5.32 Å². The van der Waals surface area contributed by atoms with Gasteiger partial charge in [0.25, 0.3) is 0 Å². The maximum absolute atomic E-state index is 12.2. The van der Waals surface area contributed by atoms with Crippen LogP contribution in [0.4, 0.5) is 5.69 Å². The van der Waals surface area contributed by atoms with Gasteiger partial charge in [0, 0.05) is 11.7 Å². The van der Waals surface area contributed by atoms with E-state index in [1.165, 1.54) is 6.42 Å². The molecule has 1 aromatic rings. The molecular formula is C17H26N2O2. The number of nitrogens with zero attached hydrogens (tertiary/aromatic N) is 1. The van der Waals surface area contributed by atoms with Gasteiger partial charge in [-0.15, -0.1) is 0 Å². The minimum Gasteiger partial charge on any atom is -0.393 e. The molecule has 1 fully saturated rings. The van der Waals surface area contributed by atoms with E-state index in [0.717, 1.165) is 37.1 Å². The second-order valence-corrected chi connectivity index (χ2v) is 6.12. The van der Waals surface area contributed by atoms with Gasteiger partial charge in [0.2, 0.25) is 5.91 Å². The molecule has 0 saturated carbocycles. The number of amides is 1. The molecule has 0 bridgehead atoms. The Bertz CT molecular complexity index is 474. The Morgan fingerprint density at radius 1 is 1.48 bits per heavy atom. The van der Waals surface area contributed by atoms with Gasteiger partial charge in [0.05, 0.1) is 12.6 Å². The van der Waals surface area contributed by atoms with Crippen molar-refractivity contribution in [1.29, 1.82) is 0 Å². The Morgan fingerprint density at radius 2 is 2.29 bits per heavy atom. The lowest BCUT2D eigenvalue weighted by Gasteiger charge is -2.35. The molecule has 1 heterocycles. The molecule has 4 heteroatoms. The number of aliphatic hydroxyl groups is 1. The van der Waals surface area contributed by atoms with E-state index in [2.05, 4.69) is 10.2 Å². The van der Waals surface area contributed by atoms with E-state index in [1.807, 2.05) is 38.1 Å². The SMILES string of the molecule is Cc1cccc(NC(=O)CN2CCCCC2CC(C)O)c1. The molecule has 2 N–H and O–H groups in total. The van der Waals surface area contributed by atoms with Crippen LogP contribution in [0.5, 0.6) is 0 Å². The summed E-state index contributed by atoms with van der Waals surface area (Å²) >= 11 is 0. The zero-order valence-electron chi connectivity index (χ0n) is 13.0. The van der Waals surface area contributed by atoms with E-state index in [-0.39, 0.29) is 12.0 Å². The molecule has 2 rings (SSSR count). The molecule has 2 atom stereocenters. The molecule has 1 aromatic carbocycles. The largest absolute Gasteiger partial charge is 0.393 e. The molecular weight excluding hydrogens is 264 g/mol. The Balaban J connectivity index is 1.90. The van der Waals surface area contributed by atoms with Crippen molar-refractivity contribution in [3.8, 4) is 0 Å². The molecule has 21 heavy (non-hydrogen) atoms. The first-order valence-electron chi connectivity index (χ1n) is 7.83. The highest BCUT2D eigenvalue weighted by molar-refractivity contribution is 5.92. The molecule has 1 aliphatic heterocycles. The fourth-order valence-electron chi connectivity index (χ4n) is 3.04. The van der Waals surface area contributed by atoms with Gasteiger partial charge in [0.1, 0.15) is 0 Å². The van der Waals surface area contributed by atoms with E-state index in [1.54, 1.807) is 0 Å². The van der Waals surface area contributed by atoms with Gasteiger partial charge in [-0.25, -0.2) is 0 Å².